The highest BCUT2D eigenvalue weighted by Crippen LogP contribution is 2.33. The largest absolute Gasteiger partial charge is 0.494 e. The van der Waals surface area contributed by atoms with Gasteiger partial charge in [0.15, 0.2) is 0 Å². The van der Waals surface area contributed by atoms with Crippen LogP contribution < -0.4 is 31.3 Å². The molecule has 4 rings (SSSR count). The van der Waals surface area contributed by atoms with Gasteiger partial charge in [-0.05, 0) is 80.3 Å². The Balaban J connectivity index is 0.752. The molecule has 5 amide bonds. The predicted octanol–water partition coefficient (Wildman–Crippen LogP) is 4.88. The quantitative estimate of drug-likeness (QED) is 0.0336. The third kappa shape index (κ3) is 38.0. The zero-order valence-corrected chi connectivity index (χ0v) is 50.4. The van der Waals surface area contributed by atoms with E-state index in [-0.39, 0.29) is 48.9 Å². The number of carbonyl (C=O) groups is 4. The molecule has 2 aromatic carbocycles. The summed E-state index contributed by atoms with van der Waals surface area (Å²) in [7, 11) is 0. The molecular formula is C59H96ClN5O17S. The van der Waals surface area contributed by atoms with Crippen molar-refractivity contribution in [3.8, 4) is 5.75 Å². The number of halogens is 1. The molecule has 0 aromatic heterocycles. The second-order valence-electron chi connectivity index (χ2n) is 19.4. The highest BCUT2D eigenvalue weighted by molar-refractivity contribution is 8.00. The Hall–Kier alpha value is -3.92. The number of benzene rings is 2. The average Bonchev–Trinajstić information content (AvgIpc) is 4.12. The predicted molar refractivity (Wildman–Crippen MR) is 317 cm³/mol. The van der Waals surface area contributed by atoms with Crippen molar-refractivity contribution < 1.29 is 80.8 Å². The Morgan fingerprint density at radius 1 is 0.470 bits per heavy atom. The number of ether oxygens (including phenoxy) is 13. The summed E-state index contributed by atoms with van der Waals surface area (Å²) < 4.78 is 72.2. The lowest BCUT2D eigenvalue weighted by atomic mass is 10.0. The maximum Gasteiger partial charge on any atom is 0.315 e. The van der Waals surface area contributed by atoms with Crippen molar-refractivity contribution in [2.45, 2.75) is 88.1 Å². The molecule has 2 aliphatic heterocycles. The molecule has 83 heavy (non-hydrogen) atoms. The van der Waals surface area contributed by atoms with Crippen LogP contribution in [0.2, 0.25) is 0 Å². The number of hydrogen-bond acceptors (Lipinski definition) is 18. The van der Waals surface area contributed by atoms with Crippen molar-refractivity contribution in [1.82, 2.24) is 26.6 Å². The number of carbonyl (C=O) groups excluding carboxylic acids is 4. The van der Waals surface area contributed by atoms with Gasteiger partial charge in [-0.2, -0.15) is 11.8 Å². The van der Waals surface area contributed by atoms with Crippen LogP contribution in [-0.2, 0) is 79.4 Å². The first-order valence-electron chi connectivity index (χ1n) is 29.7. The van der Waals surface area contributed by atoms with Gasteiger partial charge in [0.05, 0.1) is 177 Å². The Kier molecular flexibility index (Phi) is 43.3. The van der Waals surface area contributed by atoms with Crippen molar-refractivity contribution in [3.63, 3.8) is 0 Å². The van der Waals surface area contributed by atoms with Crippen molar-refractivity contribution in [2.75, 3.05) is 190 Å². The Labute approximate surface area is 501 Å². The van der Waals surface area contributed by atoms with Gasteiger partial charge in [-0.15, -0.1) is 11.6 Å². The minimum atomic E-state index is -0.130. The molecule has 0 unspecified atom stereocenters. The normalized spacial score (nSPS) is 15.5. The van der Waals surface area contributed by atoms with Crippen LogP contribution in [0.15, 0.2) is 48.5 Å². The van der Waals surface area contributed by atoms with E-state index in [4.69, 9.17) is 73.2 Å². The lowest BCUT2D eigenvalue weighted by molar-refractivity contribution is -0.123. The van der Waals surface area contributed by atoms with E-state index in [0.717, 1.165) is 68.4 Å². The number of nitrogens with one attached hydrogen (secondary N) is 5. The number of urea groups is 1. The number of alkyl halides is 1. The SMILES string of the molecule is O=C(CCCC[C@H]1SC[C@H]2NC(=O)N[C@H]21)NCCOCCOCCOCCOCCOCCOCCOCCOCCOCCOCCOCCOCCC(=O)NCc1ccc(C(=O)NCCCCOc2ccc(CCCCCl)cc2)cc1. The third-order valence-electron chi connectivity index (χ3n) is 12.8. The highest BCUT2D eigenvalue weighted by Gasteiger charge is 2.42. The molecular weight excluding hydrogens is 1120 g/mol. The molecule has 22 nitrogen and oxygen atoms in total. The molecule has 5 N–H and O–H groups in total. The molecule has 3 atom stereocenters. The van der Waals surface area contributed by atoms with Gasteiger partial charge < -0.3 is 88.2 Å². The average molecular weight is 1210 g/mol. The van der Waals surface area contributed by atoms with Crippen LogP contribution in [0.5, 0.6) is 5.75 Å². The first-order valence-corrected chi connectivity index (χ1v) is 31.3. The minimum Gasteiger partial charge on any atom is -0.494 e. The summed E-state index contributed by atoms with van der Waals surface area (Å²) in [6, 6.07) is 15.8. The number of rotatable bonds is 57. The molecule has 0 aliphatic carbocycles. The zero-order chi connectivity index (χ0) is 58.7. The second kappa shape index (κ2) is 50.3. The minimum absolute atomic E-state index is 0.0360. The molecule has 0 saturated carbocycles. The van der Waals surface area contributed by atoms with E-state index in [1.54, 1.807) is 12.1 Å². The number of hydrogen-bond donors (Lipinski definition) is 5. The number of amides is 5. The van der Waals surface area contributed by atoms with E-state index >= 15 is 0 Å². The summed E-state index contributed by atoms with van der Waals surface area (Å²) in [5.41, 5.74) is 2.76. The van der Waals surface area contributed by atoms with Crippen LogP contribution in [-0.4, -0.2) is 231 Å². The lowest BCUT2D eigenvalue weighted by Crippen LogP contribution is -2.36. The van der Waals surface area contributed by atoms with E-state index in [1.165, 1.54) is 5.56 Å². The molecule has 0 radical (unpaired) electrons. The van der Waals surface area contributed by atoms with Gasteiger partial charge in [0, 0.05) is 54.9 Å². The monoisotopic (exact) mass is 1210 g/mol. The van der Waals surface area contributed by atoms with E-state index in [1.807, 2.05) is 36.0 Å². The van der Waals surface area contributed by atoms with E-state index in [9.17, 15) is 19.2 Å². The first-order chi connectivity index (χ1) is 40.9. The van der Waals surface area contributed by atoms with E-state index in [2.05, 4.69) is 38.7 Å². The number of unbranched alkanes of at least 4 members (excludes halogenated alkanes) is 3. The third-order valence-corrected chi connectivity index (χ3v) is 14.6. The number of aryl methyl sites for hydroxylation is 1. The second-order valence-corrected chi connectivity index (χ2v) is 21.0. The molecule has 2 aliphatic rings. The van der Waals surface area contributed by atoms with Crippen LogP contribution in [0.3, 0.4) is 0 Å². The highest BCUT2D eigenvalue weighted by atomic mass is 35.5. The fourth-order valence-corrected chi connectivity index (χ4v) is 10.0. The van der Waals surface area contributed by atoms with Gasteiger partial charge in [0.25, 0.3) is 5.91 Å². The van der Waals surface area contributed by atoms with Gasteiger partial charge in [-0.1, -0.05) is 30.7 Å². The Bertz CT molecular complexity index is 1940. The van der Waals surface area contributed by atoms with Gasteiger partial charge in [-0.3, -0.25) is 14.4 Å². The lowest BCUT2D eigenvalue weighted by Gasteiger charge is -2.16. The van der Waals surface area contributed by atoms with Gasteiger partial charge in [0.1, 0.15) is 5.75 Å². The van der Waals surface area contributed by atoms with Gasteiger partial charge in [-0.25, -0.2) is 4.79 Å². The van der Waals surface area contributed by atoms with Gasteiger partial charge >= 0.3 is 6.03 Å². The molecule has 2 aromatic rings. The molecule has 2 saturated heterocycles. The van der Waals surface area contributed by atoms with Crippen molar-refractivity contribution in [3.05, 3.63) is 65.2 Å². The number of fused-ring (bicyclic) bond motifs is 1. The maximum atomic E-state index is 12.6. The fourth-order valence-electron chi connectivity index (χ4n) is 8.27. The topological polar surface area (TPSA) is 248 Å². The molecule has 0 spiro atoms. The van der Waals surface area contributed by atoms with E-state index in [0.29, 0.717) is 201 Å². The Morgan fingerprint density at radius 3 is 1.47 bits per heavy atom. The molecule has 472 valence electrons. The van der Waals surface area contributed by atoms with Crippen molar-refractivity contribution in [2.24, 2.45) is 0 Å². The molecule has 24 heteroatoms. The molecule has 2 heterocycles. The van der Waals surface area contributed by atoms with Crippen LogP contribution in [0.4, 0.5) is 4.79 Å². The zero-order valence-electron chi connectivity index (χ0n) is 48.9. The van der Waals surface area contributed by atoms with Crippen molar-refractivity contribution in [1.29, 1.82) is 0 Å². The summed E-state index contributed by atoms with van der Waals surface area (Å²) in [6.07, 6.45) is 8.31. The summed E-state index contributed by atoms with van der Waals surface area (Å²) in [5.74, 6) is 2.29. The molecule has 2 fully saturated rings. The first kappa shape index (κ1) is 71.6. The van der Waals surface area contributed by atoms with Crippen LogP contribution in [0.1, 0.15) is 79.3 Å². The summed E-state index contributed by atoms with van der Waals surface area (Å²) in [4.78, 5) is 48.5. The van der Waals surface area contributed by atoms with Crippen molar-refractivity contribution >= 4 is 47.1 Å². The number of thioether (sulfide) groups is 1. The molecule has 0 bridgehead atoms. The van der Waals surface area contributed by atoms with Crippen LogP contribution in [0.25, 0.3) is 0 Å². The summed E-state index contributed by atoms with van der Waals surface area (Å²) in [5, 5.41) is 15.1. The van der Waals surface area contributed by atoms with E-state index < -0.39 is 0 Å². The van der Waals surface area contributed by atoms with Crippen LogP contribution >= 0.6 is 23.4 Å². The fraction of sp³-hybridized carbons (Fsp3) is 0.729. The standard InChI is InChI=1S/C59H96ClN5O17S/c60-19-4-3-7-49-12-16-52(17-13-49)82-22-6-5-20-62-58(68)51-14-10-50(11-15-51)47-63-56(67)18-23-70-25-27-72-29-31-74-33-35-76-37-39-78-41-43-80-45-46-81-44-42-79-40-38-77-36-34-75-32-30-73-28-26-71-24-21-61-55(66)9-2-1-8-54-57-53(48-83-54)64-59(69)65-57/h10-17,53-54,57H,1-9,18-48H2,(H,61,66)(H,62,68)(H,63,67)(H2,64,65,69)/t53-,54-,57-/m1/s1. The smallest absolute Gasteiger partial charge is 0.315 e. The van der Waals surface area contributed by atoms with Gasteiger partial charge in [0.2, 0.25) is 11.8 Å². The summed E-state index contributed by atoms with van der Waals surface area (Å²) in [6.45, 7) is 12.7. The maximum absolute atomic E-state index is 12.6. The van der Waals surface area contributed by atoms with Crippen LogP contribution in [0, 0.1) is 0 Å². The Morgan fingerprint density at radius 2 is 0.952 bits per heavy atom. The summed E-state index contributed by atoms with van der Waals surface area (Å²) >= 11 is 7.66.